The number of carbonyl (C=O) groups excluding carboxylic acids is 1. The first kappa shape index (κ1) is 18.0. The predicted molar refractivity (Wildman–Crippen MR) is 94.3 cm³/mol. The fraction of sp³-hybridized carbons (Fsp3) is 0.235. The van der Waals surface area contributed by atoms with Crippen molar-refractivity contribution < 1.29 is 22.7 Å². The van der Waals surface area contributed by atoms with Crippen LogP contribution in [0.5, 0.6) is 11.5 Å². The fourth-order valence-electron chi connectivity index (χ4n) is 2.46. The lowest BCUT2D eigenvalue weighted by Gasteiger charge is -2.08. The second-order valence-corrected chi connectivity index (χ2v) is 7.30. The van der Waals surface area contributed by atoms with Gasteiger partial charge in [0.2, 0.25) is 16.8 Å². The number of fused-ring (bicyclic) bond motifs is 1. The van der Waals surface area contributed by atoms with Gasteiger partial charge in [0.05, 0.1) is 4.90 Å². The van der Waals surface area contributed by atoms with Crippen LogP contribution in [-0.2, 0) is 23.0 Å². The number of nitrogens with two attached hydrogens (primary N) is 1. The Morgan fingerprint density at radius 3 is 2.42 bits per heavy atom. The summed E-state index contributed by atoms with van der Waals surface area (Å²) < 4.78 is 32.9. The molecule has 4 N–H and O–H groups in total. The third-order valence-corrected chi connectivity index (χ3v) is 4.77. The molecule has 0 aliphatic carbocycles. The second-order valence-electron chi connectivity index (χ2n) is 5.74. The van der Waals surface area contributed by atoms with Crippen LogP contribution in [0.25, 0.3) is 0 Å². The van der Waals surface area contributed by atoms with E-state index in [1.807, 2.05) is 18.2 Å². The Balaban J connectivity index is 1.41. The molecule has 0 unspecified atom stereocenters. The van der Waals surface area contributed by atoms with Gasteiger partial charge in [-0.2, -0.15) is 0 Å². The van der Waals surface area contributed by atoms with E-state index in [-0.39, 0.29) is 17.7 Å². The van der Waals surface area contributed by atoms with Crippen LogP contribution in [0.15, 0.2) is 47.4 Å². The molecule has 0 saturated carbocycles. The van der Waals surface area contributed by atoms with Gasteiger partial charge in [-0.05, 0) is 41.8 Å². The van der Waals surface area contributed by atoms with Crippen LogP contribution in [0, 0.1) is 0 Å². The molecule has 1 aliphatic heterocycles. The summed E-state index contributed by atoms with van der Waals surface area (Å²) in [6.07, 6.45) is 0.572. The number of urea groups is 1. The quantitative estimate of drug-likeness (QED) is 0.696. The Labute approximate surface area is 151 Å². The number of sulfonamides is 1. The molecule has 0 atom stereocenters. The Kier molecular flexibility index (Phi) is 5.29. The Morgan fingerprint density at radius 2 is 1.69 bits per heavy atom. The number of nitrogens with one attached hydrogen (secondary N) is 2. The molecule has 2 aromatic carbocycles. The van der Waals surface area contributed by atoms with E-state index in [1.54, 1.807) is 12.1 Å². The molecule has 2 aromatic rings. The maximum Gasteiger partial charge on any atom is 0.315 e. The smallest absolute Gasteiger partial charge is 0.315 e. The van der Waals surface area contributed by atoms with Gasteiger partial charge in [0.1, 0.15) is 0 Å². The first-order valence-electron chi connectivity index (χ1n) is 7.94. The van der Waals surface area contributed by atoms with Gasteiger partial charge in [-0.1, -0.05) is 18.2 Å². The minimum atomic E-state index is -3.69. The van der Waals surface area contributed by atoms with Crippen molar-refractivity contribution in [1.82, 2.24) is 10.6 Å². The molecule has 1 aliphatic rings. The molecule has 26 heavy (non-hydrogen) atoms. The fourth-order valence-corrected chi connectivity index (χ4v) is 2.98. The molecule has 0 fully saturated rings. The Morgan fingerprint density at radius 1 is 1.00 bits per heavy atom. The van der Waals surface area contributed by atoms with Crippen LogP contribution >= 0.6 is 0 Å². The maximum atomic E-state index is 11.9. The van der Waals surface area contributed by atoms with Crippen LogP contribution in [-0.4, -0.2) is 27.8 Å². The third kappa shape index (κ3) is 4.64. The van der Waals surface area contributed by atoms with E-state index < -0.39 is 10.0 Å². The van der Waals surface area contributed by atoms with Gasteiger partial charge in [-0.3, -0.25) is 0 Å². The molecule has 3 rings (SSSR count). The summed E-state index contributed by atoms with van der Waals surface area (Å²) in [5.41, 5.74) is 1.80. The van der Waals surface area contributed by atoms with Crippen LogP contribution in [0.4, 0.5) is 4.79 Å². The SMILES string of the molecule is NS(=O)(=O)c1ccc(CCNC(=O)NCc2ccc3c(c2)OCO3)cc1. The second kappa shape index (κ2) is 7.63. The molecule has 0 aromatic heterocycles. The Bertz CT molecular complexity index is 897. The topological polar surface area (TPSA) is 120 Å². The molecule has 0 saturated heterocycles. The van der Waals surface area contributed by atoms with Gasteiger partial charge in [0.15, 0.2) is 11.5 Å². The lowest BCUT2D eigenvalue weighted by Crippen LogP contribution is -2.36. The van der Waals surface area contributed by atoms with Crippen LogP contribution < -0.4 is 25.2 Å². The van der Waals surface area contributed by atoms with E-state index >= 15 is 0 Å². The Hall–Kier alpha value is -2.78. The molecular formula is C17H19N3O5S. The van der Waals surface area contributed by atoms with E-state index in [2.05, 4.69) is 10.6 Å². The van der Waals surface area contributed by atoms with Crippen molar-refractivity contribution in [2.45, 2.75) is 17.9 Å². The summed E-state index contributed by atoms with van der Waals surface area (Å²) >= 11 is 0. The molecule has 1 heterocycles. The number of hydrogen-bond acceptors (Lipinski definition) is 5. The number of hydrogen-bond donors (Lipinski definition) is 3. The number of rotatable bonds is 6. The van der Waals surface area contributed by atoms with Crippen LogP contribution in [0.2, 0.25) is 0 Å². The van der Waals surface area contributed by atoms with Gasteiger partial charge in [0, 0.05) is 13.1 Å². The summed E-state index contributed by atoms with van der Waals surface area (Å²) in [4.78, 5) is 11.9. The van der Waals surface area contributed by atoms with Gasteiger partial charge >= 0.3 is 6.03 Å². The van der Waals surface area contributed by atoms with E-state index in [1.165, 1.54) is 12.1 Å². The summed E-state index contributed by atoms with van der Waals surface area (Å²) in [6.45, 7) is 0.998. The van der Waals surface area contributed by atoms with Crippen molar-refractivity contribution in [2.24, 2.45) is 5.14 Å². The minimum absolute atomic E-state index is 0.0654. The molecule has 0 radical (unpaired) electrons. The molecular weight excluding hydrogens is 358 g/mol. The summed E-state index contributed by atoms with van der Waals surface area (Å²) in [5.74, 6) is 1.37. The zero-order valence-corrected chi connectivity index (χ0v) is 14.7. The van der Waals surface area contributed by atoms with Crippen molar-refractivity contribution in [3.63, 3.8) is 0 Å². The maximum absolute atomic E-state index is 11.9. The zero-order chi connectivity index (χ0) is 18.6. The summed E-state index contributed by atoms with van der Waals surface area (Å²) in [5, 5.41) is 10.6. The first-order chi connectivity index (χ1) is 12.4. The molecule has 0 spiro atoms. The monoisotopic (exact) mass is 377 g/mol. The van der Waals surface area contributed by atoms with Crippen molar-refractivity contribution in [1.29, 1.82) is 0 Å². The predicted octanol–water partition coefficient (Wildman–Crippen LogP) is 1.10. The number of amides is 2. The zero-order valence-electron chi connectivity index (χ0n) is 13.9. The third-order valence-electron chi connectivity index (χ3n) is 3.84. The molecule has 8 nitrogen and oxygen atoms in total. The van der Waals surface area contributed by atoms with Gasteiger partial charge < -0.3 is 20.1 Å². The van der Waals surface area contributed by atoms with E-state index in [9.17, 15) is 13.2 Å². The van der Waals surface area contributed by atoms with Gasteiger partial charge in [0.25, 0.3) is 0 Å². The number of primary sulfonamides is 1. The largest absolute Gasteiger partial charge is 0.454 e. The summed E-state index contributed by atoms with van der Waals surface area (Å²) in [6, 6.07) is 11.5. The van der Waals surface area contributed by atoms with E-state index in [0.717, 1.165) is 11.1 Å². The van der Waals surface area contributed by atoms with Crippen molar-refractivity contribution >= 4 is 16.1 Å². The number of ether oxygens (including phenoxy) is 2. The normalized spacial score (nSPS) is 12.7. The molecule has 9 heteroatoms. The standard InChI is InChI=1S/C17H19N3O5S/c18-26(22,23)14-4-1-12(2-5-14)7-8-19-17(21)20-10-13-3-6-15-16(9-13)25-11-24-15/h1-6,9H,7-8,10-11H2,(H2,18,22,23)(H2,19,20,21). The lowest BCUT2D eigenvalue weighted by molar-refractivity contribution is 0.174. The van der Waals surface area contributed by atoms with Crippen LogP contribution in [0.1, 0.15) is 11.1 Å². The average molecular weight is 377 g/mol. The summed E-state index contributed by atoms with van der Waals surface area (Å²) in [7, 11) is -3.69. The van der Waals surface area contributed by atoms with Gasteiger partial charge in [-0.15, -0.1) is 0 Å². The van der Waals surface area contributed by atoms with Gasteiger partial charge in [-0.25, -0.2) is 18.4 Å². The number of benzene rings is 2. The van der Waals surface area contributed by atoms with Crippen LogP contribution in [0.3, 0.4) is 0 Å². The van der Waals surface area contributed by atoms with Crippen molar-refractivity contribution in [2.75, 3.05) is 13.3 Å². The molecule has 138 valence electrons. The molecule has 2 amide bonds. The molecule has 0 bridgehead atoms. The van der Waals surface area contributed by atoms with E-state index in [0.29, 0.717) is 31.0 Å². The van der Waals surface area contributed by atoms with E-state index in [4.69, 9.17) is 14.6 Å². The highest BCUT2D eigenvalue weighted by molar-refractivity contribution is 7.89. The first-order valence-corrected chi connectivity index (χ1v) is 9.48. The highest BCUT2D eigenvalue weighted by atomic mass is 32.2. The highest BCUT2D eigenvalue weighted by Crippen LogP contribution is 2.32. The number of carbonyl (C=O) groups is 1. The highest BCUT2D eigenvalue weighted by Gasteiger charge is 2.13. The van der Waals surface area contributed by atoms with Crippen molar-refractivity contribution in [3.8, 4) is 11.5 Å². The lowest BCUT2D eigenvalue weighted by atomic mass is 10.1. The minimum Gasteiger partial charge on any atom is -0.454 e. The average Bonchev–Trinajstić information content (AvgIpc) is 3.07. The van der Waals surface area contributed by atoms with Crippen molar-refractivity contribution in [3.05, 3.63) is 53.6 Å².